The number of rotatable bonds is 41. The lowest BCUT2D eigenvalue weighted by Gasteiger charge is -2.15. The molecule has 0 spiro atoms. The second kappa shape index (κ2) is 50.9. The van der Waals surface area contributed by atoms with Gasteiger partial charge in [0, 0.05) is 12.8 Å². The highest BCUT2D eigenvalue weighted by Gasteiger charge is 2.16. The van der Waals surface area contributed by atoms with Gasteiger partial charge in [0.2, 0.25) is 0 Å². The fraction of sp³-hybridized carbons (Fsp3) is 0.509. The van der Waals surface area contributed by atoms with Crippen LogP contribution < -0.4 is 0 Å². The van der Waals surface area contributed by atoms with Crippen LogP contribution in [0.5, 0.6) is 0 Å². The molecule has 0 fully saturated rings. The van der Waals surface area contributed by atoms with E-state index in [-0.39, 0.29) is 31.6 Å². The Labute approximate surface area is 380 Å². The van der Waals surface area contributed by atoms with Crippen LogP contribution in [0.4, 0.5) is 0 Å². The number of ether oxygens (including phenoxy) is 2. The van der Waals surface area contributed by atoms with Crippen molar-refractivity contribution in [2.24, 2.45) is 0 Å². The van der Waals surface area contributed by atoms with E-state index in [4.69, 9.17) is 9.47 Å². The third-order valence-corrected chi connectivity index (χ3v) is 9.32. The van der Waals surface area contributed by atoms with Crippen molar-refractivity contribution in [1.82, 2.24) is 0 Å². The summed E-state index contributed by atoms with van der Waals surface area (Å²) in [6.45, 7) is 3.83. The molecule has 0 saturated carbocycles. The molecule has 0 bridgehead atoms. The van der Waals surface area contributed by atoms with Crippen molar-refractivity contribution < 1.29 is 24.2 Å². The van der Waals surface area contributed by atoms with E-state index < -0.39 is 6.10 Å². The molecule has 344 valence electrons. The minimum absolute atomic E-state index is 0.104. The second-order valence-corrected chi connectivity index (χ2v) is 15.1. The van der Waals surface area contributed by atoms with Crippen molar-refractivity contribution >= 4 is 11.9 Å². The highest BCUT2D eigenvalue weighted by atomic mass is 16.6. The van der Waals surface area contributed by atoms with Crippen LogP contribution in [0.3, 0.4) is 0 Å². The van der Waals surface area contributed by atoms with Gasteiger partial charge in [0.05, 0.1) is 6.61 Å². The predicted molar refractivity (Wildman–Crippen MR) is 269 cm³/mol. The summed E-state index contributed by atoms with van der Waals surface area (Å²) in [5.41, 5.74) is 0. The Morgan fingerprint density at radius 2 is 0.645 bits per heavy atom. The first-order valence-electron chi connectivity index (χ1n) is 24.0. The number of carbonyl (C=O) groups excluding carboxylic acids is 2. The molecule has 0 rings (SSSR count). The van der Waals surface area contributed by atoms with E-state index in [0.717, 1.165) is 135 Å². The molecular formula is C57H86O5. The number of allylic oxidation sites excluding steroid dienone is 26. The van der Waals surface area contributed by atoms with Gasteiger partial charge < -0.3 is 14.6 Å². The number of esters is 2. The Balaban J connectivity index is 3.74. The van der Waals surface area contributed by atoms with E-state index >= 15 is 0 Å². The third-order valence-electron chi connectivity index (χ3n) is 9.32. The highest BCUT2D eigenvalue weighted by molar-refractivity contribution is 5.70. The average molecular weight is 851 g/mol. The van der Waals surface area contributed by atoms with Crippen molar-refractivity contribution in [2.45, 2.75) is 174 Å². The van der Waals surface area contributed by atoms with Gasteiger partial charge in [-0.1, -0.05) is 191 Å². The van der Waals surface area contributed by atoms with E-state index in [1.54, 1.807) is 0 Å². The monoisotopic (exact) mass is 851 g/mol. The van der Waals surface area contributed by atoms with Gasteiger partial charge in [-0.15, -0.1) is 0 Å². The largest absolute Gasteiger partial charge is 0.462 e. The molecule has 0 aromatic rings. The van der Waals surface area contributed by atoms with Gasteiger partial charge in [-0.2, -0.15) is 0 Å². The number of carbonyl (C=O) groups is 2. The molecule has 0 aromatic heterocycles. The second-order valence-electron chi connectivity index (χ2n) is 15.1. The summed E-state index contributed by atoms with van der Waals surface area (Å²) in [5, 5.41) is 9.59. The van der Waals surface area contributed by atoms with Crippen LogP contribution in [-0.2, 0) is 19.1 Å². The SMILES string of the molecule is CC/C=C\C/C=C\C/C=C\C/C=C\C/C=C\C/C=C\C/C=C\C/C=C\C/C=C\C/C=C\CCCCC(=O)OC(CO)COC(=O)CCCCCCC/C=C\C/C=C\C/C=C\CC. The van der Waals surface area contributed by atoms with Gasteiger partial charge in [0.1, 0.15) is 6.61 Å². The number of aliphatic hydroxyl groups excluding tert-OH is 1. The summed E-state index contributed by atoms with van der Waals surface area (Å²) >= 11 is 0. The van der Waals surface area contributed by atoms with E-state index in [1.165, 1.54) is 0 Å². The van der Waals surface area contributed by atoms with Crippen molar-refractivity contribution in [1.29, 1.82) is 0 Å². The lowest BCUT2D eigenvalue weighted by Crippen LogP contribution is -2.28. The summed E-state index contributed by atoms with van der Waals surface area (Å²) in [6.07, 6.45) is 79.0. The number of hydrogen-bond donors (Lipinski definition) is 1. The Hall–Kier alpha value is -4.48. The summed E-state index contributed by atoms with van der Waals surface area (Å²) in [5.74, 6) is -0.679. The molecule has 0 aliphatic rings. The zero-order valence-electron chi connectivity index (χ0n) is 39.1. The molecule has 0 amide bonds. The molecule has 62 heavy (non-hydrogen) atoms. The first-order chi connectivity index (χ1) is 30.6. The fourth-order valence-corrected chi connectivity index (χ4v) is 5.77. The quantitative estimate of drug-likeness (QED) is 0.0377. The van der Waals surface area contributed by atoms with Gasteiger partial charge in [-0.25, -0.2) is 0 Å². The smallest absolute Gasteiger partial charge is 0.306 e. The number of hydrogen-bond acceptors (Lipinski definition) is 5. The zero-order chi connectivity index (χ0) is 44.9. The molecule has 0 aliphatic carbocycles. The van der Waals surface area contributed by atoms with Crippen LogP contribution in [-0.4, -0.2) is 36.4 Å². The van der Waals surface area contributed by atoms with Crippen LogP contribution in [0.25, 0.3) is 0 Å². The maximum atomic E-state index is 12.2. The van der Waals surface area contributed by atoms with Crippen molar-refractivity contribution in [3.05, 3.63) is 158 Å². The van der Waals surface area contributed by atoms with Crippen molar-refractivity contribution in [3.8, 4) is 0 Å². The maximum absolute atomic E-state index is 12.2. The lowest BCUT2D eigenvalue weighted by molar-refractivity contribution is -0.161. The van der Waals surface area contributed by atoms with Gasteiger partial charge >= 0.3 is 11.9 Å². The fourth-order valence-electron chi connectivity index (χ4n) is 5.77. The van der Waals surface area contributed by atoms with Crippen molar-refractivity contribution in [3.63, 3.8) is 0 Å². The molecular weight excluding hydrogens is 765 g/mol. The topological polar surface area (TPSA) is 72.8 Å². The van der Waals surface area contributed by atoms with Gasteiger partial charge in [0.15, 0.2) is 6.10 Å². The minimum Gasteiger partial charge on any atom is -0.462 e. The standard InChI is InChI=1S/C57H86O5/c1-3-5-7-9-11-13-15-17-19-20-21-22-23-24-25-26-27-28-29-30-31-32-33-34-35-36-38-40-42-44-46-48-50-52-57(60)62-55(53-58)54-61-56(59)51-49-47-45-43-41-39-37-18-16-14-12-10-8-6-4-2/h5-8,11-14,17-19,21-22,24-25,27-28,30-31,33-34,36-38,42,44,55,58H,3-4,9-10,15-16,20,23,26,29,32,35,39-41,43,45-54H2,1-2H3/b7-5-,8-6-,13-11-,14-12-,19-17-,22-21-,25-24-,28-27-,31-30-,34-33-,37-18-,38-36-,44-42-. The zero-order valence-corrected chi connectivity index (χ0v) is 39.1. The Morgan fingerprint density at radius 1 is 0.371 bits per heavy atom. The van der Waals surface area contributed by atoms with Crippen LogP contribution in [0.2, 0.25) is 0 Å². The van der Waals surface area contributed by atoms with E-state index in [0.29, 0.717) is 12.8 Å². The molecule has 5 heteroatoms. The van der Waals surface area contributed by atoms with Crippen LogP contribution in [0, 0.1) is 0 Å². The molecule has 0 heterocycles. The normalized spacial score (nSPS) is 13.7. The third kappa shape index (κ3) is 48.2. The first kappa shape index (κ1) is 57.5. The van der Waals surface area contributed by atoms with Crippen LogP contribution >= 0.6 is 0 Å². The van der Waals surface area contributed by atoms with Crippen LogP contribution in [0.1, 0.15) is 168 Å². The summed E-state index contributed by atoms with van der Waals surface area (Å²) in [7, 11) is 0. The predicted octanol–water partition coefficient (Wildman–Crippen LogP) is 16.1. The number of unbranched alkanes of at least 4 members (excludes halogenated alkanes) is 7. The van der Waals surface area contributed by atoms with Gasteiger partial charge in [0.25, 0.3) is 0 Å². The highest BCUT2D eigenvalue weighted by Crippen LogP contribution is 2.10. The first-order valence-corrected chi connectivity index (χ1v) is 24.0. The Kier molecular flexibility index (Phi) is 47.2. The molecule has 1 unspecified atom stereocenters. The molecule has 0 radical (unpaired) electrons. The summed E-state index contributed by atoms with van der Waals surface area (Å²) < 4.78 is 10.6. The number of aliphatic hydroxyl groups is 1. The summed E-state index contributed by atoms with van der Waals surface area (Å²) in [4.78, 5) is 24.4. The molecule has 1 atom stereocenters. The molecule has 1 N–H and O–H groups in total. The van der Waals surface area contributed by atoms with E-state index in [2.05, 4.69) is 172 Å². The van der Waals surface area contributed by atoms with Crippen molar-refractivity contribution in [2.75, 3.05) is 13.2 Å². The maximum Gasteiger partial charge on any atom is 0.306 e. The molecule has 0 saturated heterocycles. The Bertz CT molecular complexity index is 1420. The molecule has 0 aliphatic heterocycles. The minimum atomic E-state index is -0.815. The molecule has 5 nitrogen and oxygen atoms in total. The van der Waals surface area contributed by atoms with E-state index in [9.17, 15) is 14.7 Å². The lowest BCUT2D eigenvalue weighted by atomic mass is 10.1. The van der Waals surface area contributed by atoms with Gasteiger partial charge in [-0.05, 0) is 122 Å². The Morgan fingerprint density at radius 3 is 1.00 bits per heavy atom. The molecule has 0 aromatic carbocycles. The van der Waals surface area contributed by atoms with Crippen LogP contribution in [0.15, 0.2) is 158 Å². The average Bonchev–Trinajstić information content (AvgIpc) is 3.28. The van der Waals surface area contributed by atoms with Gasteiger partial charge in [-0.3, -0.25) is 9.59 Å². The summed E-state index contributed by atoms with van der Waals surface area (Å²) in [6, 6.07) is 0. The van der Waals surface area contributed by atoms with E-state index in [1.807, 2.05) is 0 Å².